The monoisotopic (exact) mass is 273 g/mol. The Labute approximate surface area is 116 Å². The van der Waals surface area contributed by atoms with E-state index in [1.165, 1.54) is 6.21 Å². The number of anilines is 1. The highest BCUT2D eigenvalue weighted by molar-refractivity contribution is 6.00. The molecule has 0 radical (unpaired) electrons. The Hall–Kier alpha value is -2.08. The van der Waals surface area contributed by atoms with E-state index in [1.807, 2.05) is 17.0 Å². The molecule has 1 aromatic heterocycles. The lowest BCUT2D eigenvalue weighted by molar-refractivity contribution is 0.269. The topological polar surface area (TPSA) is 78.9 Å². The average molecular weight is 273 g/mol. The summed E-state index contributed by atoms with van der Waals surface area (Å²) < 4.78 is 13.7. The van der Waals surface area contributed by atoms with Gasteiger partial charge in [0.15, 0.2) is 0 Å². The van der Waals surface area contributed by atoms with Gasteiger partial charge in [-0.05, 0) is 18.6 Å². The molecule has 1 aliphatic rings. The van der Waals surface area contributed by atoms with E-state index < -0.39 is 6.17 Å². The van der Waals surface area contributed by atoms with Crippen molar-refractivity contribution >= 4 is 22.9 Å². The van der Waals surface area contributed by atoms with Crippen LogP contribution in [0.1, 0.15) is 12.0 Å². The van der Waals surface area contributed by atoms with E-state index in [0.717, 1.165) is 5.69 Å². The molecule has 1 saturated heterocycles. The SMILES string of the molecule is N=Cc1ccc(N2C[C@H](N)C[C@H](F)C2)c2nccnc12. The summed E-state index contributed by atoms with van der Waals surface area (Å²) in [5.74, 6) is 0. The number of nitrogens with two attached hydrogens (primary N) is 1. The Kier molecular flexibility index (Phi) is 3.31. The van der Waals surface area contributed by atoms with E-state index in [9.17, 15) is 4.39 Å². The number of piperidine rings is 1. The first kappa shape index (κ1) is 12.9. The van der Waals surface area contributed by atoms with Gasteiger partial charge in [-0.1, -0.05) is 0 Å². The van der Waals surface area contributed by atoms with Crippen LogP contribution in [0, 0.1) is 5.41 Å². The molecule has 0 unspecified atom stereocenters. The molecular formula is C14H16FN5. The first-order chi connectivity index (χ1) is 9.69. The van der Waals surface area contributed by atoms with Crippen LogP contribution in [0.4, 0.5) is 10.1 Å². The zero-order valence-corrected chi connectivity index (χ0v) is 11.0. The van der Waals surface area contributed by atoms with Crippen LogP contribution in [0.25, 0.3) is 11.0 Å². The summed E-state index contributed by atoms with van der Waals surface area (Å²) in [6.07, 6.45) is 3.93. The van der Waals surface area contributed by atoms with Crippen LogP contribution < -0.4 is 10.6 Å². The molecule has 1 aliphatic heterocycles. The van der Waals surface area contributed by atoms with Crippen molar-refractivity contribution < 1.29 is 4.39 Å². The van der Waals surface area contributed by atoms with E-state index in [0.29, 0.717) is 36.1 Å². The van der Waals surface area contributed by atoms with Gasteiger partial charge in [0.1, 0.15) is 11.7 Å². The molecule has 3 rings (SSSR count). The number of nitrogens with one attached hydrogen (secondary N) is 1. The van der Waals surface area contributed by atoms with Crippen molar-refractivity contribution in [3.8, 4) is 0 Å². The van der Waals surface area contributed by atoms with Crippen molar-refractivity contribution in [3.63, 3.8) is 0 Å². The lowest BCUT2D eigenvalue weighted by atomic mass is 10.0. The molecule has 6 heteroatoms. The predicted molar refractivity (Wildman–Crippen MR) is 77.1 cm³/mol. The summed E-state index contributed by atoms with van der Waals surface area (Å²) >= 11 is 0. The molecule has 104 valence electrons. The van der Waals surface area contributed by atoms with Gasteiger partial charge < -0.3 is 16.0 Å². The number of alkyl halides is 1. The van der Waals surface area contributed by atoms with Gasteiger partial charge in [-0.25, -0.2) is 4.39 Å². The summed E-state index contributed by atoms with van der Waals surface area (Å²) in [5.41, 5.74) is 8.78. The molecule has 0 bridgehead atoms. The van der Waals surface area contributed by atoms with E-state index in [2.05, 4.69) is 9.97 Å². The number of benzene rings is 1. The van der Waals surface area contributed by atoms with Gasteiger partial charge in [-0.2, -0.15) is 0 Å². The number of nitrogens with zero attached hydrogens (tertiary/aromatic N) is 3. The highest BCUT2D eigenvalue weighted by Crippen LogP contribution is 2.28. The van der Waals surface area contributed by atoms with Crippen LogP contribution in [-0.4, -0.2) is 41.5 Å². The molecular weight excluding hydrogens is 257 g/mol. The zero-order valence-electron chi connectivity index (χ0n) is 11.0. The number of fused-ring (bicyclic) bond motifs is 1. The van der Waals surface area contributed by atoms with Crippen LogP contribution >= 0.6 is 0 Å². The highest BCUT2D eigenvalue weighted by Gasteiger charge is 2.26. The second-order valence-electron chi connectivity index (χ2n) is 5.07. The van der Waals surface area contributed by atoms with Crippen molar-refractivity contribution in [3.05, 3.63) is 30.1 Å². The van der Waals surface area contributed by atoms with Gasteiger partial charge in [-0.15, -0.1) is 0 Å². The van der Waals surface area contributed by atoms with Crippen molar-refractivity contribution in [2.45, 2.75) is 18.6 Å². The maximum Gasteiger partial charge on any atom is 0.119 e. The molecule has 0 aliphatic carbocycles. The molecule has 20 heavy (non-hydrogen) atoms. The van der Waals surface area contributed by atoms with Crippen molar-refractivity contribution in [2.75, 3.05) is 18.0 Å². The van der Waals surface area contributed by atoms with E-state index in [1.54, 1.807) is 12.4 Å². The normalized spacial score (nSPS) is 23.0. The Morgan fingerprint density at radius 1 is 1.25 bits per heavy atom. The van der Waals surface area contributed by atoms with Gasteiger partial charge in [0.25, 0.3) is 0 Å². The first-order valence-electron chi connectivity index (χ1n) is 6.58. The van der Waals surface area contributed by atoms with Gasteiger partial charge in [0, 0.05) is 43.3 Å². The van der Waals surface area contributed by atoms with Crippen LogP contribution in [0.15, 0.2) is 24.5 Å². The lowest BCUT2D eigenvalue weighted by Gasteiger charge is -2.35. The molecule has 1 fully saturated rings. The minimum absolute atomic E-state index is 0.173. The quantitative estimate of drug-likeness (QED) is 0.813. The summed E-state index contributed by atoms with van der Waals surface area (Å²) in [4.78, 5) is 10.5. The fraction of sp³-hybridized carbons (Fsp3) is 0.357. The molecule has 0 amide bonds. The molecule has 2 aromatic rings. The standard InChI is InChI=1S/C14H16FN5/c15-10-5-11(17)8-20(7-10)12-2-1-9(6-16)13-14(12)19-4-3-18-13/h1-4,6,10-11,16H,5,7-8,17H2/t10-,11+/m0/s1. The molecule has 3 N–H and O–H groups in total. The number of hydrogen-bond donors (Lipinski definition) is 2. The van der Waals surface area contributed by atoms with Crippen LogP contribution in [0.5, 0.6) is 0 Å². The van der Waals surface area contributed by atoms with Gasteiger partial charge in [0.05, 0.1) is 11.2 Å². The zero-order chi connectivity index (χ0) is 14.1. The van der Waals surface area contributed by atoms with Crippen LogP contribution in [0.2, 0.25) is 0 Å². The van der Waals surface area contributed by atoms with Gasteiger partial charge in [0.2, 0.25) is 0 Å². The van der Waals surface area contributed by atoms with E-state index in [4.69, 9.17) is 11.1 Å². The fourth-order valence-corrected chi connectivity index (χ4v) is 2.71. The average Bonchev–Trinajstić information content (AvgIpc) is 2.45. The third-order valence-electron chi connectivity index (χ3n) is 3.56. The van der Waals surface area contributed by atoms with Gasteiger partial charge in [-0.3, -0.25) is 9.97 Å². The Bertz CT molecular complexity index is 634. The molecule has 2 heterocycles. The minimum atomic E-state index is -0.923. The molecule has 2 atom stereocenters. The Morgan fingerprint density at radius 3 is 2.70 bits per heavy atom. The van der Waals surface area contributed by atoms with Crippen molar-refractivity contribution in [2.24, 2.45) is 5.73 Å². The number of hydrogen-bond acceptors (Lipinski definition) is 5. The fourth-order valence-electron chi connectivity index (χ4n) is 2.71. The third kappa shape index (κ3) is 2.22. The Balaban J connectivity index is 2.10. The van der Waals surface area contributed by atoms with Crippen LogP contribution in [-0.2, 0) is 0 Å². The minimum Gasteiger partial charge on any atom is -0.365 e. The summed E-state index contributed by atoms with van der Waals surface area (Å²) in [6.45, 7) is 0.930. The highest BCUT2D eigenvalue weighted by atomic mass is 19.1. The molecule has 1 aromatic carbocycles. The first-order valence-corrected chi connectivity index (χ1v) is 6.58. The summed E-state index contributed by atoms with van der Waals surface area (Å²) in [6, 6.07) is 3.50. The molecule has 5 nitrogen and oxygen atoms in total. The second kappa shape index (κ2) is 5.13. The maximum absolute atomic E-state index is 13.7. The Morgan fingerprint density at radius 2 is 2.00 bits per heavy atom. The largest absolute Gasteiger partial charge is 0.365 e. The second-order valence-corrected chi connectivity index (χ2v) is 5.07. The lowest BCUT2D eigenvalue weighted by Crippen LogP contribution is -2.48. The smallest absolute Gasteiger partial charge is 0.119 e. The maximum atomic E-state index is 13.7. The predicted octanol–water partition coefficient (Wildman–Crippen LogP) is 1.50. The number of aromatic nitrogens is 2. The third-order valence-corrected chi connectivity index (χ3v) is 3.56. The summed E-state index contributed by atoms with van der Waals surface area (Å²) in [5, 5.41) is 7.42. The summed E-state index contributed by atoms with van der Waals surface area (Å²) in [7, 11) is 0. The van der Waals surface area contributed by atoms with Gasteiger partial charge >= 0.3 is 0 Å². The van der Waals surface area contributed by atoms with Crippen molar-refractivity contribution in [1.29, 1.82) is 5.41 Å². The molecule has 0 spiro atoms. The van der Waals surface area contributed by atoms with E-state index >= 15 is 0 Å². The molecule has 0 saturated carbocycles. The van der Waals surface area contributed by atoms with Crippen molar-refractivity contribution in [1.82, 2.24) is 9.97 Å². The number of rotatable bonds is 2. The number of halogens is 1. The van der Waals surface area contributed by atoms with E-state index in [-0.39, 0.29) is 6.04 Å². The van der Waals surface area contributed by atoms with Crippen LogP contribution in [0.3, 0.4) is 0 Å².